The summed E-state index contributed by atoms with van der Waals surface area (Å²) in [5.74, 6) is 1.05. The molecular formula is C15H26N2O3. The van der Waals surface area contributed by atoms with Crippen molar-refractivity contribution >= 4 is 5.97 Å². The maximum absolute atomic E-state index is 12.3. The van der Waals surface area contributed by atoms with Crippen LogP contribution in [0.3, 0.4) is 0 Å². The second kappa shape index (κ2) is 6.00. The highest BCUT2D eigenvalue weighted by molar-refractivity contribution is 5.78. The molecule has 0 aromatic rings. The highest BCUT2D eigenvalue weighted by Gasteiger charge is 2.54. The predicted octanol–water partition coefficient (Wildman–Crippen LogP) is 0.498. The normalized spacial score (nSPS) is 35.8. The van der Waals surface area contributed by atoms with Crippen molar-refractivity contribution in [2.75, 3.05) is 53.0 Å². The summed E-state index contributed by atoms with van der Waals surface area (Å²) < 4.78 is 10.7. The molecular weight excluding hydrogens is 256 g/mol. The highest BCUT2D eigenvalue weighted by Crippen LogP contribution is 2.43. The SMILES string of the molecule is COC(=O)[C@@]12CCOC[C@@H]1CN(CC1CCNCC1)C2. The monoisotopic (exact) mass is 282 g/mol. The molecule has 5 heteroatoms. The van der Waals surface area contributed by atoms with Gasteiger partial charge in [0.1, 0.15) is 0 Å². The van der Waals surface area contributed by atoms with Crippen molar-refractivity contribution in [1.29, 1.82) is 0 Å². The van der Waals surface area contributed by atoms with Crippen molar-refractivity contribution in [3.63, 3.8) is 0 Å². The van der Waals surface area contributed by atoms with Crippen LogP contribution in [0.5, 0.6) is 0 Å². The van der Waals surface area contributed by atoms with Crippen LogP contribution >= 0.6 is 0 Å². The second-order valence-corrected chi connectivity index (χ2v) is 6.56. The molecule has 0 amide bonds. The molecule has 0 saturated carbocycles. The van der Waals surface area contributed by atoms with Crippen LogP contribution in [0.2, 0.25) is 0 Å². The van der Waals surface area contributed by atoms with Gasteiger partial charge < -0.3 is 19.7 Å². The van der Waals surface area contributed by atoms with Gasteiger partial charge in [-0.3, -0.25) is 4.79 Å². The molecule has 3 saturated heterocycles. The van der Waals surface area contributed by atoms with Gasteiger partial charge in [-0.2, -0.15) is 0 Å². The first-order valence-corrected chi connectivity index (χ1v) is 7.84. The van der Waals surface area contributed by atoms with Gasteiger partial charge >= 0.3 is 5.97 Å². The number of methoxy groups -OCH3 is 1. The van der Waals surface area contributed by atoms with Crippen molar-refractivity contribution in [2.45, 2.75) is 19.3 Å². The zero-order valence-electron chi connectivity index (χ0n) is 12.4. The first kappa shape index (κ1) is 14.3. The summed E-state index contributed by atoms with van der Waals surface area (Å²) in [6, 6.07) is 0. The third kappa shape index (κ3) is 2.59. The zero-order valence-corrected chi connectivity index (χ0v) is 12.4. The van der Waals surface area contributed by atoms with Crippen LogP contribution in [-0.4, -0.2) is 63.9 Å². The number of hydrogen-bond acceptors (Lipinski definition) is 5. The summed E-state index contributed by atoms with van der Waals surface area (Å²) in [6.07, 6.45) is 3.32. The third-order valence-electron chi connectivity index (χ3n) is 5.34. The summed E-state index contributed by atoms with van der Waals surface area (Å²) in [5, 5.41) is 3.41. The van der Waals surface area contributed by atoms with E-state index in [4.69, 9.17) is 9.47 Å². The van der Waals surface area contributed by atoms with Crippen molar-refractivity contribution in [1.82, 2.24) is 10.2 Å². The number of ether oxygens (including phenoxy) is 2. The second-order valence-electron chi connectivity index (χ2n) is 6.56. The summed E-state index contributed by atoms with van der Waals surface area (Å²) in [7, 11) is 1.51. The van der Waals surface area contributed by atoms with Gasteiger partial charge in [-0.15, -0.1) is 0 Å². The largest absolute Gasteiger partial charge is 0.469 e. The van der Waals surface area contributed by atoms with E-state index in [1.54, 1.807) is 0 Å². The number of fused-ring (bicyclic) bond motifs is 1. The van der Waals surface area contributed by atoms with E-state index < -0.39 is 0 Å². The topological polar surface area (TPSA) is 50.8 Å². The molecule has 0 radical (unpaired) electrons. The number of hydrogen-bond donors (Lipinski definition) is 1. The lowest BCUT2D eigenvalue weighted by molar-refractivity contribution is -0.161. The lowest BCUT2D eigenvalue weighted by Crippen LogP contribution is -2.45. The van der Waals surface area contributed by atoms with E-state index in [1.165, 1.54) is 20.0 Å². The van der Waals surface area contributed by atoms with E-state index in [1.807, 2.05) is 0 Å². The smallest absolute Gasteiger partial charge is 0.313 e. The van der Waals surface area contributed by atoms with Crippen LogP contribution in [0.25, 0.3) is 0 Å². The van der Waals surface area contributed by atoms with Crippen LogP contribution in [0.15, 0.2) is 0 Å². The Hall–Kier alpha value is -0.650. The molecule has 0 aromatic heterocycles. The summed E-state index contributed by atoms with van der Waals surface area (Å²) >= 11 is 0. The minimum absolute atomic E-state index is 0.0291. The number of piperidine rings is 1. The average molecular weight is 282 g/mol. The number of nitrogens with zero attached hydrogens (tertiary/aromatic N) is 1. The lowest BCUT2D eigenvalue weighted by Gasteiger charge is -2.35. The van der Waals surface area contributed by atoms with Gasteiger partial charge in [-0.25, -0.2) is 0 Å². The molecule has 3 heterocycles. The number of likely N-dealkylation sites (tertiary alicyclic amines) is 1. The van der Waals surface area contributed by atoms with Gasteiger partial charge in [0.25, 0.3) is 0 Å². The number of carbonyl (C=O) groups excluding carboxylic acids is 1. The predicted molar refractivity (Wildman–Crippen MR) is 75.4 cm³/mol. The van der Waals surface area contributed by atoms with Crippen molar-refractivity contribution < 1.29 is 14.3 Å². The molecule has 3 aliphatic heterocycles. The van der Waals surface area contributed by atoms with Crippen LogP contribution in [0, 0.1) is 17.3 Å². The van der Waals surface area contributed by atoms with Gasteiger partial charge in [0, 0.05) is 32.2 Å². The van der Waals surface area contributed by atoms with E-state index in [-0.39, 0.29) is 11.4 Å². The Bertz CT molecular complexity index is 357. The minimum atomic E-state index is -0.306. The first-order chi connectivity index (χ1) is 9.74. The van der Waals surface area contributed by atoms with Crippen molar-refractivity contribution in [3.8, 4) is 0 Å². The number of carbonyl (C=O) groups is 1. The first-order valence-electron chi connectivity index (χ1n) is 7.84. The zero-order chi connectivity index (χ0) is 14.0. The van der Waals surface area contributed by atoms with Gasteiger partial charge in [0.2, 0.25) is 0 Å². The Morgan fingerprint density at radius 1 is 1.45 bits per heavy atom. The van der Waals surface area contributed by atoms with E-state index in [9.17, 15) is 4.79 Å². The van der Waals surface area contributed by atoms with Gasteiger partial charge in [-0.1, -0.05) is 0 Å². The van der Waals surface area contributed by atoms with Crippen LogP contribution in [0.4, 0.5) is 0 Å². The summed E-state index contributed by atoms with van der Waals surface area (Å²) in [4.78, 5) is 14.8. The Morgan fingerprint density at radius 2 is 2.25 bits per heavy atom. The van der Waals surface area contributed by atoms with Crippen molar-refractivity contribution in [2.24, 2.45) is 17.3 Å². The molecule has 0 aromatic carbocycles. The Morgan fingerprint density at radius 3 is 3.00 bits per heavy atom. The Labute approximate surface area is 121 Å². The fraction of sp³-hybridized carbons (Fsp3) is 0.933. The minimum Gasteiger partial charge on any atom is -0.469 e. The number of rotatable bonds is 3. The highest BCUT2D eigenvalue weighted by atomic mass is 16.5. The maximum atomic E-state index is 12.3. The van der Waals surface area contributed by atoms with Gasteiger partial charge in [0.15, 0.2) is 0 Å². The third-order valence-corrected chi connectivity index (χ3v) is 5.34. The number of nitrogens with one attached hydrogen (secondary N) is 1. The fourth-order valence-corrected chi connectivity index (χ4v) is 4.16. The molecule has 1 N–H and O–H groups in total. The van der Waals surface area contributed by atoms with Crippen molar-refractivity contribution in [3.05, 3.63) is 0 Å². The maximum Gasteiger partial charge on any atom is 0.313 e. The molecule has 3 fully saturated rings. The molecule has 0 aliphatic carbocycles. The summed E-state index contributed by atoms with van der Waals surface area (Å²) in [6.45, 7) is 6.62. The molecule has 2 atom stereocenters. The molecule has 3 rings (SSSR count). The lowest BCUT2D eigenvalue weighted by atomic mass is 9.74. The van der Waals surface area contributed by atoms with E-state index in [0.29, 0.717) is 19.1 Å². The number of esters is 1. The van der Waals surface area contributed by atoms with Gasteiger partial charge in [-0.05, 0) is 38.3 Å². The van der Waals surface area contributed by atoms with Crippen LogP contribution < -0.4 is 5.32 Å². The Balaban J connectivity index is 1.66. The standard InChI is InChI=1S/C15H26N2O3/c1-19-14(18)15-4-7-20-10-13(15)9-17(11-15)8-12-2-5-16-6-3-12/h12-13,16H,2-11H2,1H3/t13-,15+/m0/s1. The molecule has 20 heavy (non-hydrogen) atoms. The molecule has 5 nitrogen and oxygen atoms in total. The molecule has 0 bridgehead atoms. The molecule has 0 spiro atoms. The Kier molecular flexibility index (Phi) is 4.29. The average Bonchev–Trinajstić information content (AvgIpc) is 2.86. The van der Waals surface area contributed by atoms with E-state index in [0.717, 1.165) is 45.1 Å². The van der Waals surface area contributed by atoms with Crippen LogP contribution in [-0.2, 0) is 14.3 Å². The molecule has 0 unspecified atom stereocenters. The van der Waals surface area contributed by atoms with E-state index >= 15 is 0 Å². The van der Waals surface area contributed by atoms with E-state index in [2.05, 4.69) is 10.2 Å². The fourth-order valence-electron chi connectivity index (χ4n) is 4.16. The van der Waals surface area contributed by atoms with Crippen LogP contribution in [0.1, 0.15) is 19.3 Å². The quantitative estimate of drug-likeness (QED) is 0.764. The summed E-state index contributed by atoms with van der Waals surface area (Å²) in [5.41, 5.74) is -0.306. The molecule has 114 valence electrons. The van der Waals surface area contributed by atoms with Gasteiger partial charge in [0.05, 0.1) is 19.1 Å². The molecule has 3 aliphatic rings.